The number of hydrogen-bond acceptors (Lipinski definition) is 4. The van der Waals surface area contributed by atoms with Gasteiger partial charge in [0, 0.05) is 11.5 Å². The lowest BCUT2D eigenvalue weighted by Gasteiger charge is -2.05. The Bertz CT molecular complexity index is 645. The van der Waals surface area contributed by atoms with Gasteiger partial charge in [-0.25, -0.2) is 0 Å². The summed E-state index contributed by atoms with van der Waals surface area (Å²) in [5, 5.41) is 9.64. The van der Waals surface area contributed by atoms with Gasteiger partial charge >= 0.3 is 0 Å². The van der Waals surface area contributed by atoms with Crippen LogP contribution in [-0.2, 0) is 12.8 Å². The van der Waals surface area contributed by atoms with Crippen LogP contribution in [0.3, 0.4) is 0 Å². The maximum Gasteiger partial charge on any atom is 0.219 e. The maximum atomic E-state index is 8.97. The molecule has 1 aliphatic carbocycles. The summed E-state index contributed by atoms with van der Waals surface area (Å²) in [6.45, 7) is 0. The van der Waals surface area contributed by atoms with Crippen LogP contribution < -0.4 is 4.74 Å². The van der Waals surface area contributed by atoms with Gasteiger partial charge in [0.25, 0.3) is 0 Å². The molecule has 0 atom stereocenters. The van der Waals surface area contributed by atoms with E-state index in [1.54, 1.807) is 0 Å². The van der Waals surface area contributed by atoms with E-state index in [0.717, 1.165) is 30.1 Å². The average Bonchev–Trinajstić information content (AvgIpc) is 2.96. The van der Waals surface area contributed by atoms with Crippen LogP contribution in [0.25, 0.3) is 0 Å². The molecule has 5 heteroatoms. The molecule has 0 saturated carbocycles. The van der Waals surface area contributed by atoms with E-state index in [1.165, 1.54) is 17.5 Å². The van der Waals surface area contributed by atoms with Crippen LogP contribution in [0.1, 0.15) is 23.1 Å². The van der Waals surface area contributed by atoms with Crippen molar-refractivity contribution in [2.75, 3.05) is 0 Å². The number of benzene rings is 1. The van der Waals surface area contributed by atoms with Crippen molar-refractivity contribution in [3.63, 3.8) is 0 Å². The Morgan fingerprint density at radius 1 is 1.33 bits per heavy atom. The summed E-state index contributed by atoms with van der Waals surface area (Å²) < 4.78 is 9.61. The molecule has 0 saturated heterocycles. The molecule has 0 radical (unpaired) electrons. The first-order valence-corrected chi connectivity index (χ1v) is 6.78. The first-order valence-electron chi connectivity index (χ1n) is 5.63. The molecule has 3 rings (SSSR count). The molecule has 0 N–H and O–H groups in total. The maximum absolute atomic E-state index is 8.97. The van der Waals surface area contributed by atoms with Gasteiger partial charge in [-0.3, -0.25) is 0 Å². The number of halogens is 1. The number of ether oxygens (including phenoxy) is 1. The highest BCUT2D eigenvalue weighted by atomic mass is 35.5. The number of nitriles is 1. The van der Waals surface area contributed by atoms with E-state index in [1.807, 2.05) is 18.2 Å². The van der Waals surface area contributed by atoms with Crippen LogP contribution in [0.15, 0.2) is 18.2 Å². The lowest BCUT2D eigenvalue weighted by atomic mass is 10.1. The predicted molar refractivity (Wildman–Crippen MR) is 70.4 cm³/mol. The molecular formula is C13H9ClN2OS. The van der Waals surface area contributed by atoms with Crippen LogP contribution in [0, 0.1) is 11.3 Å². The van der Waals surface area contributed by atoms with Gasteiger partial charge in [-0.05, 0) is 42.5 Å². The van der Waals surface area contributed by atoms with Crippen molar-refractivity contribution in [1.82, 2.24) is 4.37 Å². The number of aryl methyl sites for hydroxylation is 2. The fourth-order valence-corrected chi connectivity index (χ4v) is 3.05. The molecule has 1 aliphatic rings. The van der Waals surface area contributed by atoms with E-state index in [4.69, 9.17) is 21.6 Å². The van der Waals surface area contributed by atoms with Gasteiger partial charge in [-0.2, -0.15) is 9.64 Å². The van der Waals surface area contributed by atoms with Crippen LogP contribution in [0.5, 0.6) is 10.8 Å². The Balaban J connectivity index is 1.91. The zero-order valence-electron chi connectivity index (χ0n) is 9.44. The fraction of sp³-hybridized carbons (Fsp3) is 0.231. The fourth-order valence-electron chi connectivity index (χ4n) is 2.14. The summed E-state index contributed by atoms with van der Waals surface area (Å²) >= 11 is 6.90. The van der Waals surface area contributed by atoms with Gasteiger partial charge in [0.1, 0.15) is 17.4 Å². The standard InChI is InChI=1S/C13H9ClN2OS/c14-12-11(7-15)13(18-16-12)17-10-5-4-8-2-1-3-9(8)6-10/h4-6H,1-3H2. The summed E-state index contributed by atoms with van der Waals surface area (Å²) in [6, 6.07) is 8.07. The Hall–Kier alpha value is -1.57. The smallest absolute Gasteiger partial charge is 0.219 e. The lowest BCUT2D eigenvalue weighted by Crippen LogP contribution is -1.87. The lowest BCUT2D eigenvalue weighted by molar-refractivity contribution is 0.494. The largest absolute Gasteiger partial charge is 0.444 e. The van der Waals surface area contributed by atoms with E-state index < -0.39 is 0 Å². The first-order chi connectivity index (χ1) is 8.78. The number of nitrogens with zero attached hydrogens (tertiary/aromatic N) is 2. The minimum atomic E-state index is 0.207. The van der Waals surface area contributed by atoms with E-state index in [0.29, 0.717) is 10.6 Å². The Morgan fingerprint density at radius 2 is 2.17 bits per heavy atom. The summed E-state index contributed by atoms with van der Waals surface area (Å²) in [5.41, 5.74) is 3.04. The van der Waals surface area contributed by atoms with Gasteiger partial charge < -0.3 is 4.74 Å². The zero-order chi connectivity index (χ0) is 12.5. The van der Waals surface area contributed by atoms with E-state index in [2.05, 4.69) is 10.4 Å². The van der Waals surface area contributed by atoms with Gasteiger partial charge in [0.2, 0.25) is 5.06 Å². The molecule has 0 aliphatic heterocycles. The second-order valence-electron chi connectivity index (χ2n) is 4.13. The number of rotatable bonds is 2. The highest BCUT2D eigenvalue weighted by molar-refractivity contribution is 7.08. The van der Waals surface area contributed by atoms with Crippen molar-refractivity contribution in [2.45, 2.75) is 19.3 Å². The number of hydrogen-bond donors (Lipinski definition) is 0. The van der Waals surface area contributed by atoms with E-state index in [9.17, 15) is 0 Å². The quantitative estimate of drug-likeness (QED) is 0.834. The molecule has 0 amide bonds. The molecule has 0 unspecified atom stereocenters. The molecule has 0 fully saturated rings. The molecular weight excluding hydrogens is 268 g/mol. The van der Waals surface area contributed by atoms with Crippen molar-refractivity contribution >= 4 is 23.1 Å². The van der Waals surface area contributed by atoms with Gasteiger partial charge in [0.05, 0.1) is 0 Å². The van der Waals surface area contributed by atoms with Gasteiger partial charge in [-0.1, -0.05) is 17.7 Å². The van der Waals surface area contributed by atoms with Crippen LogP contribution in [0.4, 0.5) is 0 Å². The second-order valence-corrected chi connectivity index (χ2v) is 5.23. The molecule has 3 nitrogen and oxygen atoms in total. The molecule has 0 spiro atoms. The van der Waals surface area contributed by atoms with Crippen LogP contribution in [0.2, 0.25) is 5.15 Å². The zero-order valence-corrected chi connectivity index (χ0v) is 11.0. The molecule has 1 heterocycles. The first kappa shape index (κ1) is 11.5. The third kappa shape index (κ3) is 1.96. The molecule has 0 bridgehead atoms. The highest BCUT2D eigenvalue weighted by Gasteiger charge is 2.16. The average molecular weight is 277 g/mol. The Morgan fingerprint density at radius 3 is 3.00 bits per heavy atom. The predicted octanol–water partition coefficient (Wildman–Crippen LogP) is 3.95. The van der Waals surface area contributed by atoms with Gasteiger partial charge in [-0.15, -0.1) is 0 Å². The Kier molecular flexibility index (Phi) is 2.94. The van der Waals surface area contributed by atoms with Crippen LogP contribution >= 0.6 is 23.1 Å². The third-order valence-electron chi connectivity index (χ3n) is 3.01. The molecule has 18 heavy (non-hydrogen) atoms. The normalized spacial score (nSPS) is 13.1. The van der Waals surface area contributed by atoms with Crippen molar-refractivity contribution in [2.24, 2.45) is 0 Å². The van der Waals surface area contributed by atoms with E-state index >= 15 is 0 Å². The SMILES string of the molecule is N#Cc1c(Cl)nsc1Oc1ccc2c(c1)CCC2. The minimum Gasteiger partial charge on any atom is -0.444 e. The third-order valence-corrected chi connectivity index (χ3v) is 4.11. The molecule has 2 aromatic rings. The summed E-state index contributed by atoms with van der Waals surface area (Å²) in [7, 11) is 0. The van der Waals surface area contributed by atoms with Gasteiger partial charge in [0.15, 0.2) is 5.15 Å². The highest BCUT2D eigenvalue weighted by Crippen LogP contribution is 2.35. The molecule has 90 valence electrons. The molecule has 1 aromatic carbocycles. The van der Waals surface area contributed by atoms with Crippen molar-refractivity contribution in [1.29, 1.82) is 5.26 Å². The molecule has 1 aromatic heterocycles. The Labute approximate surface area is 114 Å². The van der Waals surface area contributed by atoms with Crippen molar-refractivity contribution in [3.8, 4) is 16.9 Å². The van der Waals surface area contributed by atoms with Crippen LogP contribution in [-0.4, -0.2) is 4.37 Å². The minimum absolute atomic E-state index is 0.207. The van der Waals surface area contributed by atoms with E-state index in [-0.39, 0.29) is 5.15 Å². The summed E-state index contributed by atoms with van der Waals surface area (Å²) in [6.07, 6.45) is 3.45. The number of fused-ring (bicyclic) bond motifs is 1. The number of aromatic nitrogens is 1. The topological polar surface area (TPSA) is 45.9 Å². The van der Waals surface area contributed by atoms with Crippen molar-refractivity contribution in [3.05, 3.63) is 40.0 Å². The summed E-state index contributed by atoms with van der Waals surface area (Å²) in [4.78, 5) is 0. The second kappa shape index (κ2) is 4.60. The summed E-state index contributed by atoms with van der Waals surface area (Å²) in [5.74, 6) is 0.743. The monoisotopic (exact) mass is 276 g/mol. The van der Waals surface area contributed by atoms with Crippen molar-refractivity contribution < 1.29 is 4.74 Å².